The standard InChI is InChI=1S/C14H21N2.Li/c1-15-14(13-8-4-2-5-9-13)12-16-10-6-3-7-11-16;/h2,4-5,8-9,14H,3,6-7,10-12H2,1H3;/q-1;+1/t14-;/m0./s1. The summed E-state index contributed by atoms with van der Waals surface area (Å²) < 4.78 is 0. The molecule has 17 heavy (non-hydrogen) atoms. The fourth-order valence-electron chi connectivity index (χ4n) is 2.40. The molecule has 1 aromatic rings. The maximum absolute atomic E-state index is 4.51. The predicted molar refractivity (Wildman–Crippen MR) is 68.8 cm³/mol. The predicted octanol–water partition coefficient (Wildman–Crippen LogP) is 0.221. The van der Waals surface area contributed by atoms with Gasteiger partial charge in [-0.1, -0.05) is 48.4 Å². The first-order valence-electron chi connectivity index (χ1n) is 6.26. The minimum absolute atomic E-state index is 0. The van der Waals surface area contributed by atoms with E-state index in [9.17, 15) is 0 Å². The summed E-state index contributed by atoms with van der Waals surface area (Å²) in [5, 5.41) is 4.51. The summed E-state index contributed by atoms with van der Waals surface area (Å²) in [5.74, 6) is 0. The van der Waals surface area contributed by atoms with Crippen molar-refractivity contribution in [2.24, 2.45) is 0 Å². The largest absolute Gasteiger partial charge is 1.00 e. The molecule has 0 aromatic heterocycles. The summed E-state index contributed by atoms with van der Waals surface area (Å²) in [4.78, 5) is 2.55. The Morgan fingerprint density at radius 3 is 2.35 bits per heavy atom. The molecule has 1 aromatic carbocycles. The molecule has 88 valence electrons. The fraction of sp³-hybridized carbons (Fsp3) is 0.571. The van der Waals surface area contributed by atoms with Crippen LogP contribution in [0.25, 0.3) is 5.32 Å². The van der Waals surface area contributed by atoms with Crippen molar-refractivity contribution < 1.29 is 18.9 Å². The molecule has 0 radical (unpaired) electrons. The van der Waals surface area contributed by atoms with Gasteiger partial charge in [-0.05, 0) is 32.5 Å². The Balaban J connectivity index is 0.00000144. The third-order valence-electron chi connectivity index (χ3n) is 3.38. The second kappa shape index (κ2) is 7.95. The van der Waals surface area contributed by atoms with E-state index in [1.807, 2.05) is 7.05 Å². The number of nitrogens with zero attached hydrogens (tertiary/aromatic N) is 2. The fourth-order valence-corrected chi connectivity index (χ4v) is 2.40. The van der Waals surface area contributed by atoms with Crippen LogP contribution in [0.5, 0.6) is 0 Å². The van der Waals surface area contributed by atoms with Crippen LogP contribution in [-0.4, -0.2) is 31.6 Å². The van der Waals surface area contributed by atoms with Crippen molar-refractivity contribution >= 4 is 0 Å². The van der Waals surface area contributed by atoms with E-state index in [0.717, 1.165) is 6.54 Å². The summed E-state index contributed by atoms with van der Waals surface area (Å²) in [6, 6.07) is 11.0. The van der Waals surface area contributed by atoms with Gasteiger partial charge >= 0.3 is 18.9 Å². The third-order valence-corrected chi connectivity index (χ3v) is 3.38. The Morgan fingerprint density at radius 2 is 1.76 bits per heavy atom. The van der Waals surface area contributed by atoms with Gasteiger partial charge in [0.1, 0.15) is 0 Å². The van der Waals surface area contributed by atoms with Gasteiger partial charge in [0, 0.05) is 0 Å². The molecule has 1 heterocycles. The molecule has 1 atom stereocenters. The van der Waals surface area contributed by atoms with Crippen LogP contribution in [0.2, 0.25) is 0 Å². The molecule has 3 heteroatoms. The van der Waals surface area contributed by atoms with Gasteiger partial charge in [-0.3, -0.25) is 0 Å². The third kappa shape index (κ3) is 4.48. The monoisotopic (exact) mass is 224 g/mol. The first-order chi connectivity index (χ1) is 7.90. The normalized spacial score (nSPS) is 18.4. The molecule has 0 spiro atoms. The van der Waals surface area contributed by atoms with Gasteiger partial charge < -0.3 is 10.2 Å². The Labute approximate surface area is 117 Å². The summed E-state index contributed by atoms with van der Waals surface area (Å²) in [5.41, 5.74) is 1.34. The average molecular weight is 224 g/mol. The molecule has 2 rings (SSSR count). The maximum Gasteiger partial charge on any atom is 1.00 e. The quantitative estimate of drug-likeness (QED) is 0.669. The van der Waals surface area contributed by atoms with Crippen molar-refractivity contribution in [1.82, 2.24) is 4.90 Å². The topological polar surface area (TPSA) is 17.3 Å². The van der Waals surface area contributed by atoms with Crippen molar-refractivity contribution in [2.75, 3.05) is 26.7 Å². The van der Waals surface area contributed by atoms with Crippen molar-refractivity contribution in [2.45, 2.75) is 25.3 Å². The van der Waals surface area contributed by atoms with Crippen LogP contribution >= 0.6 is 0 Å². The first kappa shape index (κ1) is 14.8. The van der Waals surface area contributed by atoms with Gasteiger partial charge in [0.25, 0.3) is 0 Å². The zero-order chi connectivity index (χ0) is 11.2. The average Bonchev–Trinajstić information content (AvgIpc) is 2.38. The molecule has 0 unspecified atom stereocenters. The van der Waals surface area contributed by atoms with E-state index in [2.05, 4.69) is 40.5 Å². The van der Waals surface area contributed by atoms with E-state index < -0.39 is 0 Å². The van der Waals surface area contributed by atoms with Crippen molar-refractivity contribution in [3.8, 4) is 0 Å². The molecular weight excluding hydrogens is 203 g/mol. The Morgan fingerprint density at radius 1 is 1.12 bits per heavy atom. The number of hydrogen-bond donors (Lipinski definition) is 0. The van der Waals surface area contributed by atoms with E-state index in [1.165, 1.54) is 37.9 Å². The minimum atomic E-state index is 0. The van der Waals surface area contributed by atoms with Gasteiger partial charge in [-0.2, -0.15) is 7.05 Å². The van der Waals surface area contributed by atoms with E-state index in [0.29, 0.717) is 6.04 Å². The number of rotatable bonds is 4. The van der Waals surface area contributed by atoms with E-state index in [1.54, 1.807) is 0 Å². The number of likely N-dealkylation sites (tertiary alicyclic amines) is 1. The van der Waals surface area contributed by atoms with Crippen molar-refractivity contribution in [3.63, 3.8) is 0 Å². The zero-order valence-corrected chi connectivity index (χ0v) is 11.1. The summed E-state index contributed by atoms with van der Waals surface area (Å²) in [7, 11) is 1.93. The Hall–Kier alpha value is -0.263. The van der Waals surface area contributed by atoms with E-state index in [-0.39, 0.29) is 18.9 Å². The second-order valence-corrected chi connectivity index (χ2v) is 4.55. The molecule has 1 aliphatic rings. The van der Waals surface area contributed by atoms with Gasteiger partial charge in [-0.25, -0.2) is 0 Å². The van der Waals surface area contributed by atoms with E-state index in [4.69, 9.17) is 0 Å². The Bertz CT molecular complexity index is 296. The molecule has 0 aliphatic carbocycles. The zero-order valence-electron chi connectivity index (χ0n) is 11.1. The molecule has 0 bridgehead atoms. The van der Waals surface area contributed by atoms with E-state index >= 15 is 0 Å². The van der Waals surface area contributed by atoms with Crippen LogP contribution in [0.15, 0.2) is 30.3 Å². The van der Waals surface area contributed by atoms with Gasteiger partial charge in [0.05, 0.1) is 0 Å². The number of likely N-dealkylation sites (N-methyl/N-ethyl adjacent to an activating group) is 1. The van der Waals surface area contributed by atoms with Crippen LogP contribution in [0.4, 0.5) is 0 Å². The van der Waals surface area contributed by atoms with Crippen molar-refractivity contribution in [1.29, 1.82) is 0 Å². The SMILES string of the molecule is C[N-][C@@H](CN1CCCCC1)c1ccccc1.[Li+]. The summed E-state index contributed by atoms with van der Waals surface area (Å²) in [6.45, 7) is 3.58. The Kier molecular flexibility index (Phi) is 6.92. The molecule has 1 fully saturated rings. The summed E-state index contributed by atoms with van der Waals surface area (Å²) >= 11 is 0. The molecule has 0 amide bonds. The van der Waals surface area contributed by atoms with Crippen LogP contribution < -0.4 is 18.9 Å². The van der Waals surface area contributed by atoms with Gasteiger partial charge in [-0.15, -0.1) is 0 Å². The molecule has 0 N–H and O–H groups in total. The van der Waals surface area contributed by atoms with Gasteiger partial charge in [0.15, 0.2) is 0 Å². The second-order valence-electron chi connectivity index (χ2n) is 4.55. The van der Waals surface area contributed by atoms with Crippen molar-refractivity contribution in [3.05, 3.63) is 41.2 Å². The molecular formula is C14H21LiN2. The van der Waals surface area contributed by atoms with Crippen LogP contribution in [0.3, 0.4) is 0 Å². The minimum Gasteiger partial charge on any atom is -0.657 e. The van der Waals surface area contributed by atoms with Gasteiger partial charge in [0.2, 0.25) is 0 Å². The maximum atomic E-state index is 4.51. The van der Waals surface area contributed by atoms with Crippen LogP contribution in [0, 0.1) is 0 Å². The first-order valence-corrected chi connectivity index (χ1v) is 6.26. The number of piperidine rings is 1. The number of benzene rings is 1. The summed E-state index contributed by atoms with van der Waals surface area (Å²) in [6.07, 6.45) is 4.10. The van der Waals surface area contributed by atoms with Crippen LogP contribution in [0.1, 0.15) is 30.9 Å². The molecule has 2 nitrogen and oxygen atoms in total. The number of hydrogen-bond acceptors (Lipinski definition) is 1. The molecule has 1 saturated heterocycles. The van der Waals surface area contributed by atoms with Crippen LogP contribution in [-0.2, 0) is 0 Å². The smallest absolute Gasteiger partial charge is 0.657 e. The molecule has 0 saturated carbocycles. The molecule has 1 aliphatic heterocycles.